The van der Waals surface area contributed by atoms with Gasteiger partial charge in [0.15, 0.2) is 23.4 Å². The molecule has 3 aromatic rings. The zero-order chi connectivity index (χ0) is 18.5. The Balaban J connectivity index is 1.57. The molecular formula is C18H14F2N2O3S. The molecular weight excluding hydrogens is 362 g/mol. The molecule has 0 unspecified atom stereocenters. The highest BCUT2D eigenvalue weighted by atomic mass is 32.1. The van der Waals surface area contributed by atoms with Gasteiger partial charge in [-0.05, 0) is 42.5 Å². The smallest absolute Gasteiger partial charge is 0.264 e. The van der Waals surface area contributed by atoms with Gasteiger partial charge in [-0.1, -0.05) is 0 Å². The van der Waals surface area contributed by atoms with Crippen molar-refractivity contribution in [1.82, 2.24) is 4.98 Å². The number of hydrogen-bond acceptors (Lipinski definition) is 5. The normalized spacial score (nSPS) is 10.4. The Morgan fingerprint density at radius 2 is 1.85 bits per heavy atom. The molecule has 0 atom stereocenters. The van der Waals surface area contributed by atoms with Crippen LogP contribution in [0.5, 0.6) is 11.5 Å². The van der Waals surface area contributed by atoms with E-state index in [1.54, 1.807) is 36.8 Å². The Labute approximate surface area is 152 Å². The topological polar surface area (TPSA) is 60.5 Å². The van der Waals surface area contributed by atoms with E-state index < -0.39 is 11.6 Å². The summed E-state index contributed by atoms with van der Waals surface area (Å²) in [6, 6.07) is 10.3. The first-order chi connectivity index (χ1) is 12.5. The van der Waals surface area contributed by atoms with Crippen molar-refractivity contribution in [3.63, 3.8) is 0 Å². The van der Waals surface area contributed by atoms with Crippen LogP contribution in [-0.2, 0) is 4.79 Å². The SMILES string of the molecule is COc1ccc(OCC(=O)Nc2nc(-c3ccc(F)c(F)c3)cs2)cc1. The summed E-state index contributed by atoms with van der Waals surface area (Å²) in [5, 5.41) is 4.59. The third-order valence-electron chi connectivity index (χ3n) is 3.40. The molecule has 0 saturated heterocycles. The number of carbonyl (C=O) groups is 1. The van der Waals surface area contributed by atoms with E-state index in [1.807, 2.05) is 0 Å². The number of anilines is 1. The van der Waals surface area contributed by atoms with Crippen molar-refractivity contribution in [2.45, 2.75) is 0 Å². The maximum Gasteiger partial charge on any atom is 0.264 e. The number of rotatable bonds is 6. The zero-order valence-electron chi connectivity index (χ0n) is 13.7. The van der Waals surface area contributed by atoms with Gasteiger partial charge < -0.3 is 9.47 Å². The predicted octanol–water partition coefficient (Wildman–Crippen LogP) is 4.11. The minimum atomic E-state index is -0.950. The molecule has 1 heterocycles. The second kappa shape index (κ2) is 7.92. The molecule has 0 bridgehead atoms. The molecule has 3 rings (SSSR count). The van der Waals surface area contributed by atoms with Crippen LogP contribution in [0.4, 0.5) is 13.9 Å². The van der Waals surface area contributed by atoms with Crippen LogP contribution in [0.1, 0.15) is 0 Å². The first-order valence-electron chi connectivity index (χ1n) is 7.53. The number of aromatic nitrogens is 1. The van der Waals surface area contributed by atoms with Crippen LogP contribution >= 0.6 is 11.3 Å². The number of ether oxygens (including phenoxy) is 2. The van der Waals surface area contributed by atoms with E-state index in [4.69, 9.17) is 9.47 Å². The van der Waals surface area contributed by atoms with Crippen molar-refractivity contribution in [2.24, 2.45) is 0 Å². The third-order valence-corrected chi connectivity index (χ3v) is 4.15. The average Bonchev–Trinajstić information content (AvgIpc) is 3.11. The largest absolute Gasteiger partial charge is 0.497 e. The summed E-state index contributed by atoms with van der Waals surface area (Å²) in [6.07, 6.45) is 0. The van der Waals surface area contributed by atoms with E-state index >= 15 is 0 Å². The lowest BCUT2D eigenvalue weighted by Gasteiger charge is -2.06. The van der Waals surface area contributed by atoms with Crippen LogP contribution in [0.3, 0.4) is 0 Å². The molecule has 0 radical (unpaired) electrons. The van der Waals surface area contributed by atoms with Gasteiger partial charge in [0.1, 0.15) is 11.5 Å². The lowest BCUT2D eigenvalue weighted by atomic mass is 10.2. The second-order valence-corrected chi connectivity index (χ2v) is 6.04. The molecule has 0 fully saturated rings. The van der Waals surface area contributed by atoms with E-state index in [1.165, 1.54) is 17.4 Å². The van der Waals surface area contributed by atoms with Crippen molar-refractivity contribution in [2.75, 3.05) is 19.0 Å². The van der Waals surface area contributed by atoms with Crippen molar-refractivity contribution >= 4 is 22.4 Å². The Bertz CT molecular complexity index is 913. The Hall–Kier alpha value is -3.00. The van der Waals surface area contributed by atoms with Crippen LogP contribution in [0.25, 0.3) is 11.3 Å². The molecule has 1 amide bonds. The highest BCUT2D eigenvalue weighted by Gasteiger charge is 2.11. The molecule has 134 valence electrons. The number of nitrogens with zero attached hydrogens (tertiary/aromatic N) is 1. The van der Waals surface area contributed by atoms with Gasteiger partial charge in [-0.2, -0.15) is 0 Å². The lowest BCUT2D eigenvalue weighted by Crippen LogP contribution is -2.20. The van der Waals surface area contributed by atoms with E-state index in [0.29, 0.717) is 27.9 Å². The van der Waals surface area contributed by atoms with Crippen molar-refractivity contribution in [3.05, 3.63) is 59.5 Å². The van der Waals surface area contributed by atoms with Crippen molar-refractivity contribution < 1.29 is 23.0 Å². The predicted molar refractivity (Wildman–Crippen MR) is 94.6 cm³/mol. The van der Waals surface area contributed by atoms with Crippen LogP contribution in [0.2, 0.25) is 0 Å². The molecule has 1 N–H and O–H groups in total. The fourth-order valence-corrected chi connectivity index (χ4v) is 2.83. The molecule has 26 heavy (non-hydrogen) atoms. The fraction of sp³-hybridized carbons (Fsp3) is 0.111. The third kappa shape index (κ3) is 4.34. The van der Waals surface area contributed by atoms with Crippen molar-refractivity contribution in [1.29, 1.82) is 0 Å². The van der Waals surface area contributed by atoms with Gasteiger partial charge in [0.25, 0.3) is 5.91 Å². The molecule has 2 aromatic carbocycles. The number of hydrogen-bond donors (Lipinski definition) is 1. The van der Waals surface area contributed by atoms with Gasteiger partial charge in [-0.25, -0.2) is 13.8 Å². The molecule has 0 aliphatic carbocycles. The number of benzene rings is 2. The Kier molecular flexibility index (Phi) is 5.43. The maximum absolute atomic E-state index is 13.3. The average molecular weight is 376 g/mol. The number of methoxy groups -OCH3 is 1. The standard InChI is InChI=1S/C18H14F2N2O3S/c1-24-12-3-5-13(6-4-12)25-9-17(23)22-18-21-16(10-26-18)11-2-7-14(19)15(20)8-11/h2-8,10H,9H2,1H3,(H,21,22,23). The second-order valence-electron chi connectivity index (χ2n) is 5.18. The summed E-state index contributed by atoms with van der Waals surface area (Å²) < 4.78 is 36.7. The summed E-state index contributed by atoms with van der Waals surface area (Å²) in [7, 11) is 1.56. The number of carbonyl (C=O) groups excluding carboxylic acids is 1. The van der Waals surface area contributed by atoms with Crippen LogP contribution < -0.4 is 14.8 Å². The molecule has 8 heteroatoms. The molecule has 0 spiro atoms. The molecule has 0 aliphatic rings. The van der Waals surface area contributed by atoms with Gasteiger partial charge in [0, 0.05) is 10.9 Å². The monoisotopic (exact) mass is 376 g/mol. The summed E-state index contributed by atoms with van der Waals surface area (Å²) in [4.78, 5) is 16.1. The fourth-order valence-electron chi connectivity index (χ4n) is 2.10. The van der Waals surface area contributed by atoms with Gasteiger partial charge in [0.2, 0.25) is 0 Å². The number of thiazole rings is 1. The van der Waals surface area contributed by atoms with Gasteiger partial charge in [0.05, 0.1) is 12.8 Å². The van der Waals surface area contributed by atoms with Crippen LogP contribution in [-0.4, -0.2) is 24.6 Å². The Morgan fingerprint density at radius 3 is 2.54 bits per heavy atom. The van der Waals surface area contributed by atoms with Gasteiger partial charge in [-0.3, -0.25) is 10.1 Å². The van der Waals surface area contributed by atoms with Crippen molar-refractivity contribution in [3.8, 4) is 22.8 Å². The summed E-state index contributed by atoms with van der Waals surface area (Å²) in [5.74, 6) is -1.04. The molecule has 5 nitrogen and oxygen atoms in total. The van der Waals surface area contributed by atoms with Crippen LogP contribution in [0, 0.1) is 11.6 Å². The minimum absolute atomic E-state index is 0.188. The highest BCUT2D eigenvalue weighted by Crippen LogP contribution is 2.26. The van der Waals surface area contributed by atoms with Gasteiger partial charge in [-0.15, -0.1) is 11.3 Å². The number of nitrogens with one attached hydrogen (secondary N) is 1. The minimum Gasteiger partial charge on any atom is -0.497 e. The van der Waals surface area contributed by atoms with Gasteiger partial charge >= 0.3 is 0 Å². The van der Waals surface area contributed by atoms with E-state index in [9.17, 15) is 13.6 Å². The zero-order valence-corrected chi connectivity index (χ0v) is 14.5. The van der Waals surface area contributed by atoms with E-state index in [2.05, 4.69) is 10.3 Å². The maximum atomic E-state index is 13.3. The first kappa shape index (κ1) is 17.8. The summed E-state index contributed by atoms with van der Waals surface area (Å²) in [5.41, 5.74) is 0.871. The number of amides is 1. The quantitative estimate of drug-likeness (QED) is 0.703. The molecule has 0 aliphatic heterocycles. The molecule has 0 saturated carbocycles. The number of halogens is 2. The summed E-state index contributed by atoms with van der Waals surface area (Å²) in [6.45, 7) is -0.188. The Morgan fingerprint density at radius 1 is 1.12 bits per heavy atom. The lowest BCUT2D eigenvalue weighted by molar-refractivity contribution is -0.118. The molecule has 1 aromatic heterocycles. The summed E-state index contributed by atoms with van der Waals surface area (Å²) >= 11 is 1.18. The highest BCUT2D eigenvalue weighted by molar-refractivity contribution is 7.14. The van der Waals surface area contributed by atoms with E-state index in [0.717, 1.165) is 12.1 Å². The van der Waals surface area contributed by atoms with Crippen LogP contribution in [0.15, 0.2) is 47.8 Å². The van der Waals surface area contributed by atoms with E-state index in [-0.39, 0.29) is 12.5 Å². The first-order valence-corrected chi connectivity index (χ1v) is 8.41.